The van der Waals surface area contributed by atoms with Crippen LogP contribution in [0.3, 0.4) is 0 Å². The van der Waals surface area contributed by atoms with Crippen molar-refractivity contribution in [3.8, 4) is 11.5 Å². The summed E-state index contributed by atoms with van der Waals surface area (Å²) in [6, 6.07) is 11.1. The van der Waals surface area contributed by atoms with Crippen LogP contribution < -0.4 is 14.8 Å². The number of ether oxygens (including phenoxy) is 2. The first kappa shape index (κ1) is 20.5. The summed E-state index contributed by atoms with van der Waals surface area (Å²) >= 11 is 0. The van der Waals surface area contributed by atoms with Crippen LogP contribution >= 0.6 is 0 Å². The van der Waals surface area contributed by atoms with Crippen LogP contribution in [0.1, 0.15) is 39.0 Å². The third-order valence-corrected chi connectivity index (χ3v) is 5.43. The maximum absolute atomic E-state index is 13.3. The van der Waals surface area contributed by atoms with Gasteiger partial charge in [-0.1, -0.05) is 6.07 Å². The predicted molar refractivity (Wildman–Crippen MR) is 120 cm³/mol. The van der Waals surface area contributed by atoms with Gasteiger partial charge in [0.15, 0.2) is 0 Å². The number of benzene rings is 2. The molecule has 4 rings (SSSR count). The van der Waals surface area contributed by atoms with Crippen molar-refractivity contribution in [1.29, 1.82) is 0 Å². The van der Waals surface area contributed by atoms with Crippen LogP contribution in [0.5, 0.6) is 11.5 Å². The molecule has 0 bridgehead atoms. The quantitative estimate of drug-likeness (QED) is 0.495. The first-order valence-electron chi connectivity index (χ1n) is 10.0. The summed E-state index contributed by atoms with van der Waals surface area (Å²) in [5.41, 5.74) is 4.52. The van der Waals surface area contributed by atoms with Crippen LogP contribution in [0.25, 0.3) is 10.9 Å². The van der Waals surface area contributed by atoms with Gasteiger partial charge in [-0.3, -0.25) is 4.79 Å². The number of nitrogens with one attached hydrogen (secondary N) is 2. The van der Waals surface area contributed by atoms with E-state index in [0.29, 0.717) is 23.0 Å². The monoisotopic (exact) mass is 418 g/mol. The number of rotatable bonds is 6. The number of amides is 1. The van der Waals surface area contributed by atoms with Crippen LogP contribution in [-0.2, 0) is 7.05 Å². The van der Waals surface area contributed by atoms with Crippen molar-refractivity contribution >= 4 is 16.8 Å². The van der Waals surface area contributed by atoms with Crippen LogP contribution in [0.2, 0.25) is 0 Å². The molecule has 0 radical (unpaired) electrons. The largest absolute Gasteiger partial charge is 0.497 e. The van der Waals surface area contributed by atoms with Gasteiger partial charge in [0.05, 0.1) is 14.2 Å². The Kier molecular flexibility index (Phi) is 5.42. The van der Waals surface area contributed by atoms with E-state index in [1.54, 1.807) is 26.5 Å². The fraction of sp³-hybridized carbons (Fsp3) is 0.250. The number of aryl methyl sites for hydroxylation is 3. The normalized spacial score (nSPS) is 12.0. The van der Waals surface area contributed by atoms with E-state index in [-0.39, 0.29) is 5.91 Å². The minimum atomic E-state index is -0.495. The van der Waals surface area contributed by atoms with Crippen molar-refractivity contribution in [2.45, 2.75) is 19.9 Å². The third-order valence-electron chi connectivity index (χ3n) is 5.43. The molecule has 2 heterocycles. The molecule has 2 aromatic carbocycles. The number of methoxy groups -OCH3 is 2. The van der Waals surface area contributed by atoms with Crippen LogP contribution in [0, 0.1) is 13.8 Å². The van der Waals surface area contributed by atoms with Gasteiger partial charge in [0.1, 0.15) is 29.1 Å². The maximum Gasteiger partial charge on any atom is 0.268 e. The highest BCUT2D eigenvalue weighted by atomic mass is 16.5. The zero-order valence-corrected chi connectivity index (χ0v) is 18.3. The first-order chi connectivity index (χ1) is 14.9. The lowest BCUT2D eigenvalue weighted by atomic mass is 10.0. The van der Waals surface area contributed by atoms with Crippen molar-refractivity contribution in [3.63, 3.8) is 0 Å². The summed E-state index contributed by atoms with van der Waals surface area (Å²) < 4.78 is 12.7. The Balaban J connectivity index is 1.75. The SMILES string of the molecule is COc1cc(OC)cc(C(NC(=O)c2cc3c(C)cc(C)cc3[nH]2)c2nccn2C)c1. The molecule has 0 saturated carbocycles. The Morgan fingerprint density at radius 1 is 1.06 bits per heavy atom. The lowest BCUT2D eigenvalue weighted by Crippen LogP contribution is -2.31. The van der Waals surface area contributed by atoms with Gasteiger partial charge in [0, 0.05) is 36.4 Å². The Morgan fingerprint density at radius 3 is 2.39 bits per heavy atom. The van der Waals surface area contributed by atoms with Crippen molar-refractivity contribution < 1.29 is 14.3 Å². The van der Waals surface area contributed by atoms with E-state index in [2.05, 4.69) is 21.4 Å². The van der Waals surface area contributed by atoms with Gasteiger partial charge in [-0.2, -0.15) is 0 Å². The van der Waals surface area contributed by atoms with Gasteiger partial charge < -0.3 is 24.3 Å². The Morgan fingerprint density at radius 2 is 1.77 bits per heavy atom. The summed E-state index contributed by atoms with van der Waals surface area (Å²) in [5, 5.41) is 4.16. The molecule has 160 valence electrons. The number of fused-ring (bicyclic) bond motifs is 1. The van der Waals surface area contributed by atoms with E-state index in [1.165, 1.54) is 0 Å². The number of carbonyl (C=O) groups excluding carboxylic acids is 1. The Labute approximate surface area is 181 Å². The molecule has 2 aromatic heterocycles. The van der Waals surface area contributed by atoms with Crippen molar-refractivity contribution in [2.75, 3.05) is 14.2 Å². The average molecular weight is 418 g/mol. The molecule has 0 aliphatic heterocycles. The molecule has 31 heavy (non-hydrogen) atoms. The average Bonchev–Trinajstić information content (AvgIpc) is 3.37. The zero-order valence-electron chi connectivity index (χ0n) is 18.3. The second kappa shape index (κ2) is 8.18. The van der Waals surface area contributed by atoms with Gasteiger partial charge in [-0.25, -0.2) is 4.98 Å². The van der Waals surface area contributed by atoms with Crippen LogP contribution in [0.15, 0.2) is 48.8 Å². The molecule has 0 spiro atoms. The second-order valence-corrected chi connectivity index (χ2v) is 7.67. The second-order valence-electron chi connectivity index (χ2n) is 7.67. The van der Waals surface area contributed by atoms with E-state index in [0.717, 1.165) is 27.6 Å². The number of nitrogens with zero attached hydrogens (tertiary/aromatic N) is 2. The molecule has 0 fully saturated rings. The maximum atomic E-state index is 13.3. The number of hydrogen-bond acceptors (Lipinski definition) is 4. The minimum Gasteiger partial charge on any atom is -0.497 e. The predicted octanol–water partition coefficient (Wildman–Crippen LogP) is 4.05. The smallest absolute Gasteiger partial charge is 0.268 e. The van der Waals surface area contributed by atoms with Crippen molar-refractivity contribution in [2.24, 2.45) is 7.05 Å². The van der Waals surface area contributed by atoms with E-state index in [4.69, 9.17) is 9.47 Å². The van der Waals surface area contributed by atoms with Gasteiger partial charge in [-0.05, 0) is 54.8 Å². The minimum absolute atomic E-state index is 0.219. The van der Waals surface area contributed by atoms with E-state index in [1.807, 2.05) is 55.9 Å². The molecule has 7 nitrogen and oxygen atoms in total. The van der Waals surface area contributed by atoms with E-state index < -0.39 is 6.04 Å². The third kappa shape index (κ3) is 3.99. The van der Waals surface area contributed by atoms with Gasteiger partial charge in [-0.15, -0.1) is 0 Å². The summed E-state index contributed by atoms with van der Waals surface area (Å²) in [7, 11) is 5.09. The van der Waals surface area contributed by atoms with Crippen molar-refractivity contribution in [1.82, 2.24) is 19.9 Å². The molecular formula is C24H26N4O3. The molecule has 1 atom stereocenters. The molecule has 0 aliphatic carbocycles. The molecule has 4 aromatic rings. The fourth-order valence-corrected chi connectivity index (χ4v) is 3.88. The van der Waals surface area contributed by atoms with Gasteiger partial charge >= 0.3 is 0 Å². The number of imidazole rings is 1. The number of carbonyl (C=O) groups is 1. The Hall–Kier alpha value is -3.74. The van der Waals surface area contributed by atoms with E-state index >= 15 is 0 Å². The lowest BCUT2D eigenvalue weighted by molar-refractivity contribution is 0.0937. The molecule has 0 saturated heterocycles. The molecule has 1 unspecified atom stereocenters. The Bertz CT molecular complexity index is 1230. The number of aromatic amines is 1. The standard InChI is InChI=1S/C24H26N4O3/c1-14-8-15(2)19-13-21(26-20(19)9-14)24(29)27-22(23-25-6-7-28(23)3)16-10-17(30-4)12-18(11-16)31-5/h6-13,22,26H,1-5H3,(H,27,29). The molecular weight excluding hydrogens is 392 g/mol. The molecule has 2 N–H and O–H groups in total. The van der Waals surface area contributed by atoms with Crippen molar-refractivity contribution in [3.05, 3.63) is 77.0 Å². The number of H-pyrrole nitrogens is 1. The highest BCUT2D eigenvalue weighted by molar-refractivity contribution is 5.99. The molecule has 7 heteroatoms. The number of hydrogen-bond donors (Lipinski definition) is 2. The van der Waals surface area contributed by atoms with Gasteiger partial charge in [0.2, 0.25) is 0 Å². The lowest BCUT2D eigenvalue weighted by Gasteiger charge is -2.20. The summed E-state index contributed by atoms with van der Waals surface area (Å²) in [4.78, 5) is 21.0. The first-order valence-corrected chi connectivity index (χ1v) is 10.0. The van der Waals surface area contributed by atoms with E-state index in [9.17, 15) is 4.79 Å². The highest BCUT2D eigenvalue weighted by Gasteiger charge is 2.24. The van der Waals surface area contributed by atoms with Crippen LogP contribution in [-0.4, -0.2) is 34.7 Å². The highest BCUT2D eigenvalue weighted by Crippen LogP contribution is 2.30. The fourth-order valence-electron chi connectivity index (χ4n) is 3.88. The number of aromatic nitrogens is 3. The summed E-state index contributed by atoms with van der Waals surface area (Å²) in [6.07, 6.45) is 3.56. The zero-order chi connectivity index (χ0) is 22.1. The summed E-state index contributed by atoms with van der Waals surface area (Å²) in [6.45, 7) is 4.09. The summed E-state index contributed by atoms with van der Waals surface area (Å²) in [5.74, 6) is 1.76. The molecule has 1 amide bonds. The van der Waals surface area contributed by atoms with Gasteiger partial charge in [0.25, 0.3) is 5.91 Å². The topological polar surface area (TPSA) is 81.2 Å². The molecule has 0 aliphatic rings. The van der Waals surface area contributed by atoms with Crippen LogP contribution in [0.4, 0.5) is 0 Å².